The molecule has 2 rings (SSSR count). The summed E-state index contributed by atoms with van der Waals surface area (Å²) in [5, 5.41) is 7.81. The third-order valence-corrected chi connectivity index (χ3v) is 2.47. The Kier molecular flexibility index (Phi) is 3.54. The van der Waals surface area contributed by atoms with E-state index in [2.05, 4.69) is 10.2 Å². The zero-order valence-corrected chi connectivity index (χ0v) is 9.91. The summed E-state index contributed by atoms with van der Waals surface area (Å²) in [6, 6.07) is 6.12. The summed E-state index contributed by atoms with van der Waals surface area (Å²) in [7, 11) is 0. The molecule has 0 unspecified atom stereocenters. The molecule has 0 fully saturated rings. The number of halogens is 2. The number of hydrogen-bond acceptors (Lipinski definition) is 3. The summed E-state index contributed by atoms with van der Waals surface area (Å²) in [4.78, 5) is 0. The Labute approximate surface area is 103 Å². The van der Waals surface area contributed by atoms with E-state index >= 15 is 0 Å². The smallest absolute Gasteiger partial charge is 0.138 e. The van der Waals surface area contributed by atoms with Crippen molar-refractivity contribution in [3.8, 4) is 17.0 Å². The quantitative estimate of drug-likeness (QED) is 0.840. The maximum absolute atomic E-state index is 13.7. The molecular formula is C12H10ClFN2O. The summed E-state index contributed by atoms with van der Waals surface area (Å²) in [5.74, 6) is -0.00447. The fourth-order valence-electron chi connectivity index (χ4n) is 1.44. The van der Waals surface area contributed by atoms with Gasteiger partial charge in [0.15, 0.2) is 0 Å². The Balaban J connectivity index is 2.51. The van der Waals surface area contributed by atoms with Crippen molar-refractivity contribution in [2.45, 2.75) is 6.92 Å². The first kappa shape index (κ1) is 11.8. The normalized spacial score (nSPS) is 10.3. The largest absolute Gasteiger partial charge is 0.492 e. The molecule has 0 radical (unpaired) electrons. The highest BCUT2D eigenvalue weighted by molar-refractivity contribution is 6.32. The first-order valence-electron chi connectivity index (χ1n) is 5.12. The van der Waals surface area contributed by atoms with Crippen LogP contribution in [0.5, 0.6) is 5.75 Å². The van der Waals surface area contributed by atoms with Crippen molar-refractivity contribution in [2.24, 2.45) is 0 Å². The molecule has 0 aliphatic rings. The van der Waals surface area contributed by atoms with E-state index in [-0.39, 0.29) is 5.02 Å². The van der Waals surface area contributed by atoms with E-state index in [1.165, 1.54) is 18.3 Å². The Morgan fingerprint density at radius 2 is 2.24 bits per heavy atom. The van der Waals surface area contributed by atoms with Crippen molar-refractivity contribution >= 4 is 11.6 Å². The number of rotatable bonds is 3. The fourth-order valence-corrected chi connectivity index (χ4v) is 1.64. The van der Waals surface area contributed by atoms with Gasteiger partial charge in [0, 0.05) is 11.8 Å². The van der Waals surface area contributed by atoms with Crippen LogP contribution < -0.4 is 4.74 Å². The predicted octanol–water partition coefficient (Wildman–Crippen LogP) is 3.33. The number of benzene rings is 1. The Bertz CT molecular complexity index is 519. The van der Waals surface area contributed by atoms with Gasteiger partial charge in [0.1, 0.15) is 11.6 Å². The zero-order valence-electron chi connectivity index (χ0n) is 9.15. The molecule has 0 spiro atoms. The van der Waals surface area contributed by atoms with Crippen LogP contribution in [-0.2, 0) is 0 Å². The van der Waals surface area contributed by atoms with E-state index < -0.39 is 5.82 Å². The van der Waals surface area contributed by atoms with E-state index in [1.54, 1.807) is 12.1 Å². The lowest BCUT2D eigenvalue weighted by atomic mass is 10.1. The molecule has 0 saturated carbocycles. The molecule has 3 nitrogen and oxygen atoms in total. The van der Waals surface area contributed by atoms with Gasteiger partial charge in [0.2, 0.25) is 0 Å². The van der Waals surface area contributed by atoms with Gasteiger partial charge in [-0.3, -0.25) is 0 Å². The Hall–Kier alpha value is -1.68. The van der Waals surface area contributed by atoms with Crippen LogP contribution in [0.25, 0.3) is 11.3 Å². The van der Waals surface area contributed by atoms with Gasteiger partial charge in [0.25, 0.3) is 0 Å². The monoisotopic (exact) mass is 252 g/mol. The van der Waals surface area contributed by atoms with Crippen LogP contribution in [0.2, 0.25) is 5.02 Å². The second-order valence-electron chi connectivity index (χ2n) is 3.30. The third kappa shape index (κ3) is 2.53. The number of ether oxygens (including phenoxy) is 1. The molecule has 0 amide bonds. The Morgan fingerprint density at radius 3 is 2.88 bits per heavy atom. The summed E-state index contributed by atoms with van der Waals surface area (Å²) in [6.45, 7) is 2.30. The summed E-state index contributed by atoms with van der Waals surface area (Å²) in [5.41, 5.74) is 0.772. The van der Waals surface area contributed by atoms with E-state index in [4.69, 9.17) is 16.3 Å². The molecular weight excluding hydrogens is 243 g/mol. The molecule has 0 aliphatic carbocycles. The lowest BCUT2D eigenvalue weighted by Gasteiger charge is -2.08. The van der Waals surface area contributed by atoms with Gasteiger partial charge >= 0.3 is 0 Å². The van der Waals surface area contributed by atoms with Crippen LogP contribution in [0.3, 0.4) is 0 Å². The van der Waals surface area contributed by atoms with Crippen LogP contribution in [0.15, 0.2) is 30.5 Å². The first-order valence-corrected chi connectivity index (χ1v) is 5.50. The van der Waals surface area contributed by atoms with Crippen molar-refractivity contribution in [3.63, 3.8) is 0 Å². The molecule has 88 valence electrons. The van der Waals surface area contributed by atoms with Crippen LogP contribution in [0, 0.1) is 5.82 Å². The predicted molar refractivity (Wildman–Crippen MR) is 63.6 cm³/mol. The van der Waals surface area contributed by atoms with Gasteiger partial charge in [-0.15, -0.1) is 0 Å². The van der Waals surface area contributed by atoms with E-state index in [9.17, 15) is 4.39 Å². The van der Waals surface area contributed by atoms with Crippen LogP contribution in [0.1, 0.15) is 6.92 Å². The molecule has 0 atom stereocenters. The standard InChI is InChI=1S/C12H10ClFN2O/c1-2-17-12-6-8(10(14)7-9(12)13)11-4-3-5-15-16-11/h3-7H,2H2,1H3. The number of nitrogens with zero attached hydrogens (tertiary/aromatic N) is 2. The molecule has 1 heterocycles. The number of aromatic nitrogens is 2. The van der Waals surface area contributed by atoms with Gasteiger partial charge in [-0.1, -0.05) is 11.6 Å². The minimum atomic E-state index is -0.445. The lowest BCUT2D eigenvalue weighted by Crippen LogP contribution is -1.96. The first-order chi connectivity index (χ1) is 8.22. The maximum Gasteiger partial charge on any atom is 0.138 e. The third-order valence-electron chi connectivity index (χ3n) is 2.17. The molecule has 17 heavy (non-hydrogen) atoms. The summed E-state index contributed by atoms with van der Waals surface area (Å²) in [6.07, 6.45) is 1.53. The molecule has 1 aromatic carbocycles. The van der Waals surface area contributed by atoms with Crippen LogP contribution >= 0.6 is 11.6 Å². The molecule has 5 heteroatoms. The van der Waals surface area contributed by atoms with Gasteiger partial charge < -0.3 is 4.74 Å². The summed E-state index contributed by atoms with van der Waals surface area (Å²) >= 11 is 5.87. The van der Waals surface area contributed by atoms with Crippen molar-refractivity contribution in [3.05, 3.63) is 41.3 Å². The highest BCUT2D eigenvalue weighted by Crippen LogP contribution is 2.32. The molecule has 2 aromatic rings. The molecule has 0 N–H and O–H groups in total. The molecule has 0 bridgehead atoms. The van der Waals surface area contributed by atoms with Crippen LogP contribution in [-0.4, -0.2) is 16.8 Å². The van der Waals surface area contributed by atoms with Crippen molar-refractivity contribution in [1.82, 2.24) is 10.2 Å². The van der Waals surface area contributed by atoms with Gasteiger partial charge in [-0.25, -0.2) is 4.39 Å². The Morgan fingerprint density at radius 1 is 1.41 bits per heavy atom. The van der Waals surface area contributed by atoms with Crippen molar-refractivity contribution in [1.29, 1.82) is 0 Å². The van der Waals surface area contributed by atoms with E-state index in [0.29, 0.717) is 23.6 Å². The maximum atomic E-state index is 13.7. The van der Waals surface area contributed by atoms with Crippen LogP contribution in [0.4, 0.5) is 4.39 Å². The fraction of sp³-hybridized carbons (Fsp3) is 0.167. The minimum absolute atomic E-state index is 0.247. The zero-order chi connectivity index (χ0) is 12.3. The average Bonchev–Trinajstić information content (AvgIpc) is 2.34. The van der Waals surface area contributed by atoms with Gasteiger partial charge in [0.05, 0.1) is 17.3 Å². The number of hydrogen-bond donors (Lipinski definition) is 0. The second kappa shape index (κ2) is 5.10. The molecule has 0 saturated heterocycles. The van der Waals surface area contributed by atoms with Gasteiger partial charge in [-0.2, -0.15) is 10.2 Å². The second-order valence-corrected chi connectivity index (χ2v) is 3.71. The molecule has 0 aliphatic heterocycles. The highest BCUT2D eigenvalue weighted by Gasteiger charge is 2.12. The highest BCUT2D eigenvalue weighted by atomic mass is 35.5. The van der Waals surface area contributed by atoms with Crippen molar-refractivity contribution < 1.29 is 9.13 Å². The molecule has 1 aromatic heterocycles. The topological polar surface area (TPSA) is 35.0 Å². The lowest BCUT2D eigenvalue weighted by molar-refractivity contribution is 0.340. The minimum Gasteiger partial charge on any atom is -0.492 e. The average molecular weight is 253 g/mol. The van der Waals surface area contributed by atoms with E-state index in [0.717, 1.165) is 0 Å². The summed E-state index contributed by atoms with van der Waals surface area (Å²) < 4.78 is 19.1. The van der Waals surface area contributed by atoms with Gasteiger partial charge in [-0.05, 0) is 31.2 Å². The van der Waals surface area contributed by atoms with E-state index in [1.807, 2.05) is 6.92 Å². The SMILES string of the molecule is CCOc1cc(-c2cccnn2)c(F)cc1Cl. The van der Waals surface area contributed by atoms with Crippen molar-refractivity contribution in [2.75, 3.05) is 6.61 Å².